The molecule has 0 radical (unpaired) electrons. The molecule has 27 heavy (non-hydrogen) atoms. The van der Waals surface area contributed by atoms with E-state index in [1.165, 1.54) is 11.3 Å². The molecule has 2 aromatic heterocycles. The van der Waals surface area contributed by atoms with E-state index in [1.807, 2.05) is 45.0 Å². The maximum Gasteiger partial charge on any atom is 0.262 e. The molecule has 1 aromatic carbocycles. The second kappa shape index (κ2) is 7.82. The maximum absolute atomic E-state index is 13.4. The van der Waals surface area contributed by atoms with Crippen molar-refractivity contribution in [2.75, 3.05) is 0 Å². The van der Waals surface area contributed by atoms with Crippen LogP contribution < -0.4 is 11.3 Å². The lowest BCUT2D eigenvalue weighted by molar-refractivity contribution is -0.118. The Labute approximate surface area is 166 Å². The van der Waals surface area contributed by atoms with Crippen LogP contribution in [-0.4, -0.2) is 15.5 Å². The van der Waals surface area contributed by atoms with Crippen LogP contribution in [0, 0.1) is 6.92 Å². The van der Waals surface area contributed by atoms with Crippen molar-refractivity contribution < 1.29 is 4.79 Å². The monoisotopic (exact) mass is 403 g/mol. The number of nitrogens with zero attached hydrogens (tertiary/aromatic N) is 2. The highest BCUT2D eigenvalue weighted by molar-refractivity contribution is 7.19. The molecule has 0 unspecified atom stereocenters. The third kappa shape index (κ3) is 3.92. The number of thiophene rings is 1. The third-order valence-electron chi connectivity index (χ3n) is 4.47. The Morgan fingerprint density at radius 2 is 1.96 bits per heavy atom. The normalized spacial score (nSPS) is 11.4. The average molecular weight is 404 g/mol. The lowest BCUT2D eigenvalue weighted by atomic mass is 10.0. The van der Waals surface area contributed by atoms with Crippen molar-refractivity contribution in [1.29, 1.82) is 0 Å². The molecule has 1 amide bonds. The molecule has 142 valence electrons. The summed E-state index contributed by atoms with van der Waals surface area (Å²) in [7, 11) is 0. The Kier molecular flexibility index (Phi) is 5.67. The van der Waals surface area contributed by atoms with Crippen molar-refractivity contribution in [3.63, 3.8) is 0 Å². The van der Waals surface area contributed by atoms with E-state index in [4.69, 9.17) is 22.3 Å². The lowest BCUT2D eigenvalue weighted by Crippen LogP contribution is -2.26. The van der Waals surface area contributed by atoms with Gasteiger partial charge in [-0.3, -0.25) is 14.2 Å². The van der Waals surface area contributed by atoms with E-state index in [0.29, 0.717) is 23.4 Å². The summed E-state index contributed by atoms with van der Waals surface area (Å²) in [5, 5.41) is 1.28. The molecule has 3 rings (SSSR count). The topological polar surface area (TPSA) is 78.0 Å². The first-order chi connectivity index (χ1) is 12.8. The molecule has 5 nitrogen and oxygen atoms in total. The maximum atomic E-state index is 13.4. The zero-order valence-corrected chi connectivity index (χ0v) is 17.2. The van der Waals surface area contributed by atoms with Gasteiger partial charge in [0.2, 0.25) is 5.91 Å². The van der Waals surface area contributed by atoms with Crippen LogP contribution in [0.4, 0.5) is 0 Å². The van der Waals surface area contributed by atoms with E-state index < -0.39 is 0 Å². The van der Waals surface area contributed by atoms with Gasteiger partial charge in [-0.2, -0.15) is 0 Å². The zero-order chi connectivity index (χ0) is 19.7. The second-order valence-electron chi connectivity index (χ2n) is 6.87. The quantitative estimate of drug-likeness (QED) is 0.659. The Morgan fingerprint density at radius 3 is 2.56 bits per heavy atom. The fraction of sp³-hybridized carbons (Fsp3) is 0.350. The summed E-state index contributed by atoms with van der Waals surface area (Å²) in [6.07, 6.45) is 0.760. The number of hydrogen-bond donors (Lipinski definition) is 1. The van der Waals surface area contributed by atoms with Crippen molar-refractivity contribution in [2.24, 2.45) is 5.73 Å². The van der Waals surface area contributed by atoms with Gasteiger partial charge in [-0.25, -0.2) is 4.98 Å². The first kappa shape index (κ1) is 19.6. The molecule has 7 heteroatoms. The van der Waals surface area contributed by atoms with E-state index in [2.05, 4.69) is 0 Å². The molecular weight excluding hydrogens is 382 g/mol. The van der Waals surface area contributed by atoms with Gasteiger partial charge in [0, 0.05) is 34.3 Å². The number of aromatic nitrogens is 2. The number of carbonyl (C=O) groups excluding carboxylic acids is 1. The minimum atomic E-state index is -0.364. The number of halogens is 1. The highest BCUT2D eigenvalue weighted by atomic mass is 35.5. The van der Waals surface area contributed by atoms with Crippen LogP contribution in [-0.2, 0) is 11.3 Å². The fourth-order valence-electron chi connectivity index (χ4n) is 3.24. The third-order valence-corrected chi connectivity index (χ3v) is 5.72. The van der Waals surface area contributed by atoms with Gasteiger partial charge in [0.05, 0.1) is 5.39 Å². The summed E-state index contributed by atoms with van der Waals surface area (Å²) in [5.74, 6) is 0.467. The van der Waals surface area contributed by atoms with Crippen LogP contribution in [0.1, 0.15) is 43.3 Å². The molecule has 0 fully saturated rings. The summed E-state index contributed by atoms with van der Waals surface area (Å²) in [6.45, 7) is 6.45. The van der Waals surface area contributed by atoms with Gasteiger partial charge in [0.25, 0.3) is 5.56 Å². The van der Waals surface area contributed by atoms with Gasteiger partial charge in [0.1, 0.15) is 10.7 Å². The first-order valence-electron chi connectivity index (χ1n) is 8.87. The molecule has 0 saturated heterocycles. The second-order valence-corrected chi connectivity index (χ2v) is 8.51. The Morgan fingerprint density at radius 1 is 1.30 bits per heavy atom. The highest BCUT2D eigenvalue weighted by Crippen LogP contribution is 2.36. The number of fused-ring (bicyclic) bond motifs is 1. The highest BCUT2D eigenvalue weighted by Gasteiger charge is 2.20. The van der Waals surface area contributed by atoms with Crippen molar-refractivity contribution in [1.82, 2.24) is 9.55 Å². The summed E-state index contributed by atoms with van der Waals surface area (Å²) in [5.41, 5.74) is 7.03. The predicted octanol–water partition coefficient (Wildman–Crippen LogP) is 4.48. The predicted molar refractivity (Wildman–Crippen MR) is 112 cm³/mol. The molecule has 0 aliphatic heterocycles. The molecule has 2 N–H and O–H groups in total. The van der Waals surface area contributed by atoms with Crippen LogP contribution in [0.15, 0.2) is 29.1 Å². The van der Waals surface area contributed by atoms with Gasteiger partial charge in [-0.15, -0.1) is 11.3 Å². The van der Waals surface area contributed by atoms with Gasteiger partial charge >= 0.3 is 0 Å². The standard InChI is InChI=1S/C20H22ClN3O2S/c1-11(2)18-23-19-17(20(26)24(18)10-4-5-15(22)25)16(12(3)27-19)13-6-8-14(21)9-7-13/h6-9,11H,4-5,10H2,1-3H3,(H2,22,25). The van der Waals surface area contributed by atoms with Crippen molar-refractivity contribution >= 4 is 39.1 Å². The number of hydrogen-bond acceptors (Lipinski definition) is 4. The molecule has 0 spiro atoms. The van der Waals surface area contributed by atoms with Gasteiger partial charge in [-0.05, 0) is 31.0 Å². The Balaban J connectivity index is 2.22. The van der Waals surface area contributed by atoms with Crippen LogP contribution in [0.5, 0.6) is 0 Å². The minimum absolute atomic E-state index is 0.0672. The number of rotatable bonds is 6. The molecule has 0 aliphatic carbocycles. The molecular formula is C20H22ClN3O2S. The summed E-state index contributed by atoms with van der Waals surface area (Å²) < 4.78 is 1.70. The molecule has 0 saturated carbocycles. The average Bonchev–Trinajstić information content (AvgIpc) is 2.93. The van der Waals surface area contributed by atoms with Crippen LogP contribution in [0.25, 0.3) is 21.3 Å². The lowest BCUT2D eigenvalue weighted by Gasteiger charge is -2.15. The number of primary amides is 1. The fourth-order valence-corrected chi connectivity index (χ4v) is 4.41. The smallest absolute Gasteiger partial charge is 0.262 e. The Bertz CT molecular complexity index is 1050. The molecule has 0 atom stereocenters. The molecule has 2 heterocycles. The van der Waals surface area contributed by atoms with E-state index in [0.717, 1.165) is 26.7 Å². The van der Waals surface area contributed by atoms with Crippen molar-refractivity contribution in [2.45, 2.75) is 46.1 Å². The van der Waals surface area contributed by atoms with Crippen LogP contribution >= 0.6 is 22.9 Å². The molecule has 0 aliphatic rings. The zero-order valence-electron chi connectivity index (χ0n) is 15.6. The van der Waals surface area contributed by atoms with Crippen LogP contribution in [0.2, 0.25) is 5.02 Å². The van der Waals surface area contributed by atoms with Gasteiger partial charge in [-0.1, -0.05) is 37.6 Å². The van der Waals surface area contributed by atoms with E-state index in [9.17, 15) is 9.59 Å². The van der Waals surface area contributed by atoms with Crippen molar-refractivity contribution in [3.8, 4) is 11.1 Å². The number of nitrogens with two attached hydrogens (primary N) is 1. The van der Waals surface area contributed by atoms with Crippen LogP contribution in [0.3, 0.4) is 0 Å². The minimum Gasteiger partial charge on any atom is -0.370 e. The number of carbonyl (C=O) groups is 1. The van der Waals surface area contributed by atoms with E-state index in [-0.39, 0.29) is 23.8 Å². The molecule has 3 aromatic rings. The molecule has 0 bridgehead atoms. The summed E-state index contributed by atoms with van der Waals surface area (Å²) >= 11 is 7.54. The van der Waals surface area contributed by atoms with Gasteiger partial charge in [0.15, 0.2) is 0 Å². The first-order valence-corrected chi connectivity index (χ1v) is 10.1. The van der Waals surface area contributed by atoms with Gasteiger partial charge < -0.3 is 5.73 Å². The largest absolute Gasteiger partial charge is 0.370 e. The van der Waals surface area contributed by atoms with E-state index >= 15 is 0 Å². The number of aryl methyl sites for hydroxylation is 1. The summed E-state index contributed by atoms with van der Waals surface area (Å²) in [4.78, 5) is 31.1. The SMILES string of the molecule is Cc1sc2nc(C(C)C)n(CCCC(N)=O)c(=O)c2c1-c1ccc(Cl)cc1. The number of amides is 1. The number of benzene rings is 1. The Hall–Kier alpha value is -2.18. The van der Waals surface area contributed by atoms with Crippen molar-refractivity contribution in [3.05, 3.63) is 50.3 Å². The summed E-state index contributed by atoms with van der Waals surface area (Å²) in [6, 6.07) is 7.48. The van der Waals surface area contributed by atoms with E-state index in [1.54, 1.807) is 4.57 Å².